The van der Waals surface area contributed by atoms with E-state index in [1.807, 2.05) is 6.92 Å². The SMILES string of the molecule is CCc1nc(SCC(=O)Nc2ccc(OC(F)F)c(Cl)c2)n[nH]1. The second-order valence-electron chi connectivity index (χ2n) is 4.28. The Morgan fingerprint density at radius 2 is 2.30 bits per heavy atom. The fourth-order valence-electron chi connectivity index (χ4n) is 1.60. The fraction of sp³-hybridized carbons (Fsp3) is 0.308. The number of hydrogen-bond acceptors (Lipinski definition) is 5. The summed E-state index contributed by atoms with van der Waals surface area (Å²) in [6.07, 6.45) is 0.727. The largest absolute Gasteiger partial charge is 0.433 e. The summed E-state index contributed by atoms with van der Waals surface area (Å²) >= 11 is 6.99. The number of aromatic amines is 1. The van der Waals surface area contributed by atoms with Gasteiger partial charge >= 0.3 is 6.61 Å². The van der Waals surface area contributed by atoms with Crippen LogP contribution in [0.3, 0.4) is 0 Å². The Bertz CT molecular complexity index is 684. The fourth-order valence-corrected chi connectivity index (χ4v) is 2.44. The molecule has 0 unspecified atom stereocenters. The molecule has 0 saturated carbocycles. The molecule has 1 heterocycles. The molecule has 0 atom stereocenters. The van der Waals surface area contributed by atoms with Crippen molar-refractivity contribution < 1.29 is 18.3 Å². The minimum atomic E-state index is -2.96. The third-order valence-corrected chi connectivity index (χ3v) is 3.75. The molecule has 0 aliphatic heterocycles. The second-order valence-corrected chi connectivity index (χ2v) is 5.63. The molecule has 2 rings (SSSR count). The van der Waals surface area contributed by atoms with Crippen LogP contribution in [0, 0.1) is 0 Å². The van der Waals surface area contributed by atoms with Crippen LogP contribution in [0.2, 0.25) is 5.02 Å². The van der Waals surface area contributed by atoms with Gasteiger partial charge in [-0.3, -0.25) is 9.89 Å². The van der Waals surface area contributed by atoms with E-state index in [-0.39, 0.29) is 22.4 Å². The summed E-state index contributed by atoms with van der Waals surface area (Å²) in [5, 5.41) is 9.78. The number of thioether (sulfide) groups is 1. The Hall–Kier alpha value is -1.87. The van der Waals surface area contributed by atoms with Crippen LogP contribution >= 0.6 is 23.4 Å². The highest BCUT2D eigenvalue weighted by Gasteiger charge is 2.11. The van der Waals surface area contributed by atoms with Gasteiger partial charge in [0.15, 0.2) is 0 Å². The molecule has 10 heteroatoms. The van der Waals surface area contributed by atoms with Crippen LogP contribution < -0.4 is 10.1 Å². The number of hydrogen-bond donors (Lipinski definition) is 2. The van der Waals surface area contributed by atoms with Crippen molar-refractivity contribution in [3.05, 3.63) is 29.0 Å². The first-order chi connectivity index (χ1) is 11.0. The molecule has 124 valence electrons. The van der Waals surface area contributed by atoms with E-state index in [0.717, 1.165) is 12.2 Å². The number of nitrogens with zero attached hydrogens (tertiary/aromatic N) is 2. The van der Waals surface area contributed by atoms with E-state index >= 15 is 0 Å². The number of carbonyl (C=O) groups is 1. The van der Waals surface area contributed by atoms with E-state index in [9.17, 15) is 13.6 Å². The van der Waals surface area contributed by atoms with Gasteiger partial charge in [0.05, 0.1) is 10.8 Å². The zero-order valence-corrected chi connectivity index (χ0v) is 13.5. The molecule has 0 bridgehead atoms. The number of aromatic nitrogens is 3. The van der Waals surface area contributed by atoms with Crippen molar-refractivity contribution in [2.24, 2.45) is 0 Å². The number of amides is 1. The number of anilines is 1. The molecule has 6 nitrogen and oxygen atoms in total. The molecule has 23 heavy (non-hydrogen) atoms. The van der Waals surface area contributed by atoms with Crippen LogP contribution in [0.1, 0.15) is 12.7 Å². The number of benzene rings is 1. The lowest BCUT2D eigenvalue weighted by Crippen LogP contribution is -2.14. The van der Waals surface area contributed by atoms with Crippen molar-refractivity contribution in [1.82, 2.24) is 15.2 Å². The third-order valence-electron chi connectivity index (χ3n) is 2.61. The maximum absolute atomic E-state index is 12.1. The molecule has 0 fully saturated rings. The predicted octanol–water partition coefficient (Wildman–Crippen LogP) is 3.35. The Balaban J connectivity index is 1.88. The lowest BCUT2D eigenvalue weighted by atomic mass is 10.3. The van der Waals surface area contributed by atoms with Crippen LogP contribution in [0.25, 0.3) is 0 Å². The van der Waals surface area contributed by atoms with Gasteiger partial charge < -0.3 is 10.1 Å². The number of aryl methyl sites for hydroxylation is 1. The average Bonchev–Trinajstić information content (AvgIpc) is 2.96. The van der Waals surface area contributed by atoms with Crippen molar-refractivity contribution in [3.8, 4) is 5.75 Å². The van der Waals surface area contributed by atoms with Gasteiger partial charge in [0.1, 0.15) is 11.6 Å². The van der Waals surface area contributed by atoms with Gasteiger partial charge in [-0.25, -0.2) is 4.98 Å². The highest BCUT2D eigenvalue weighted by Crippen LogP contribution is 2.29. The molecule has 2 N–H and O–H groups in total. The van der Waals surface area contributed by atoms with Crippen LogP contribution in [0.4, 0.5) is 14.5 Å². The zero-order chi connectivity index (χ0) is 16.8. The van der Waals surface area contributed by atoms with E-state index < -0.39 is 6.61 Å². The normalized spacial score (nSPS) is 10.8. The first-order valence-electron chi connectivity index (χ1n) is 6.56. The first kappa shape index (κ1) is 17.5. The maximum Gasteiger partial charge on any atom is 0.387 e. The average molecular weight is 363 g/mol. The van der Waals surface area contributed by atoms with Crippen molar-refractivity contribution in [3.63, 3.8) is 0 Å². The van der Waals surface area contributed by atoms with E-state index in [1.165, 1.54) is 30.0 Å². The summed E-state index contributed by atoms with van der Waals surface area (Å²) in [4.78, 5) is 16.0. The highest BCUT2D eigenvalue weighted by atomic mass is 35.5. The van der Waals surface area contributed by atoms with Crippen molar-refractivity contribution in [1.29, 1.82) is 0 Å². The monoisotopic (exact) mass is 362 g/mol. The Kier molecular flexibility index (Phi) is 6.17. The molecule has 2 aromatic rings. The van der Waals surface area contributed by atoms with Gasteiger partial charge in [-0.15, -0.1) is 5.10 Å². The molecule has 1 aromatic heterocycles. The van der Waals surface area contributed by atoms with Crippen molar-refractivity contribution in [2.75, 3.05) is 11.1 Å². The molecule has 0 spiro atoms. The lowest BCUT2D eigenvalue weighted by Gasteiger charge is -2.09. The number of nitrogens with one attached hydrogen (secondary N) is 2. The molecule has 1 amide bonds. The van der Waals surface area contributed by atoms with Gasteiger partial charge in [-0.05, 0) is 18.2 Å². The Morgan fingerprint density at radius 3 is 2.91 bits per heavy atom. The van der Waals surface area contributed by atoms with Gasteiger partial charge in [-0.1, -0.05) is 30.3 Å². The molecule has 1 aromatic carbocycles. The lowest BCUT2D eigenvalue weighted by molar-refractivity contribution is -0.113. The van der Waals surface area contributed by atoms with E-state index in [2.05, 4.69) is 25.2 Å². The summed E-state index contributed by atoms with van der Waals surface area (Å²) in [5.74, 6) is 0.404. The van der Waals surface area contributed by atoms with Gasteiger partial charge in [-0.2, -0.15) is 8.78 Å². The molecule has 0 aliphatic carbocycles. The maximum atomic E-state index is 12.1. The van der Waals surface area contributed by atoms with Gasteiger partial charge in [0.2, 0.25) is 11.1 Å². The van der Waals surface area contributed by atoms with Crippen LogP contribution in [0.15, 0.2) is 23.4 Å². The third kappa shape index (κ3) is 5.36. The quantitative estimate of drug-likeness (QED) is 0.738. The second kappa shape index (κ2) is 8.11. The number of H-pyrrole nitrogens is 1. The van der Waals surface area contributed by atoms with Gasteiger partial charge in [0, 0.05) is 12.1 Å². The highest BCUT2D eigenvalue weighted by molar-refractivity contribution is 7.99. The minimum Gasteiger partial charge on any atom is -0.433 e. The molecule has 0 saturated heterocycles. The van der Waals surface area contributed by atoms with E-state index in [0.29, 0.717) is 10.8 Å². The van der Waals surface area contributed by atoms with E-state index in [4.69, 9.17) is 11.6 Å². The van der Waals surface area contributed by atoms with Crippen LogP contribution in [0.5, 0.6) is 5.75 Å². The molecular weight excluding hydrogens is 350 g/mol. The molecule has 0 aliphatic rings. The Labute approximate surface area is 140 Å². The first-order valence-corrected chi connectivity index (χ1v) is 7.92. The summed E-state index contributed by atoms with van der Waals surface area (Å²) in [6.45, 7) is -1.02. The van der Waals surface area contributed by atoms with Crippen molar-refractivity contribution in [2.45, 2.75) is 25.1 Å². The van der Waals surface area contributed by atoms with E-state index in [1.54, 1.807) is 0 Å². The number of carbonyl (C=O) groups excluding carboxylic acids is 1. The summed E-state index contributed by atoms with van der Waals surface area (Å²) in [7, 11) is 0. The summed E-state index contributed by atoms with van der Waals surface area (Å²) < 4.78 is 28.5. The van der Waals surface area contributed by atoms with Crippen LogP contribution in [-0.2, 0) is 11.2 Å². The number of ether oxygens (including phenoxy) is 1. The molecule has 0 radical (unpaired) electrons. The topological polar surface area (TPSA) is 79.9 Å². The number of halogens is 3. The standard InChI is InChI=1S/C13H13ClF2N4O2S/c1-2-10-18-13(20-19-10)23-6-11(21)17-7-3-4-9(8(14)5-7)22-12(15)16/h3-5,12H,2,6H2,1H3,(H,17,21)(H,18,19,20). The van der Waals surface area contributed by atoms with Crippen molar-refractivity contribution >= 4 is 35.0 Å². The Morgan fingerprint density at radius 1 is 1.52 bits per heavy atom. The summed E-state index contributed by atoms with van der Waals surface area (Å²) in [5.41, 5.74) is 0.381. The number of alkyl halides is 2. The zero-order valence-electron chi connectivity index (χ0n) is 12.0. The number of rotatable bonds is 7. The smallest absolute Gasteiger partial charge is 0.387 e. The predicted molar refractivity (Wildman–Crippen MR) is 83.2 cm³/mol. The van der Waals surface area contributed by atoms with Gasteiger partial charge in [0.25, 0.3) is 0 Å². The molecular formula is C13H13ClF2N4O2S. The summed E-state index contributed by atoms with van der Waals surface area (Å²) in [6, 6.07) is 4.03. The minimum absolute atomic E-state index is 0.0164. The van der Waals surface area contributed by atoms with Crippen LogP contribution in [-0.4, -0.2) is 33.5 Å².